The third kappa shape index (κ3) is 2.84. The maximum Gasteiger partial charge on any atom is 0.274 e. The van der Waals surface area contributed by atoms with Crippen molar-refractivity contribution < 1.29 is 4.79 Å². The second-order valence-electron chi connectivity index (χ2n) is 6.24. The monoisotopic (exact) mass is 312 g/mol. The van der Waals surface area contributed by atoms with Crippen LogP contribution < -0.4 is 5.32 Å². The smallest absolute Gasteiger partial charge is 0.274 e. The summed E-state index contributed by atoms with van der Waals surface area (Å²) in [5.74, 6) is 1.48. The second kappa shape index (κ2) is 6.08. The lowest BCUT2D eigenvalue weighted by atomic mass is 10.1. The van der Waals surface area contributed by atoms with Crippen molar-refractivity contribution >= 4 is 5.91 Å². The van der Waals surface area contributed by atoms with Crippen LogP contribution in [-0.4, -0.2) is 57.2 Å². The van der Waals surface area contributed by atoms with Crippen LogP contribution in [0.3, 0.4) is 0 Å². The number of amides is 1. The number of carbonyl (C=O) groups excluding carboxylic acids is 1. The molecule has 2 saturated heterocycles. The van der Waals surface area contributed by atoms with Gasteiger partial charge in [0.2, 0.25) is 0 Å². The van der Waals surface area contributed by atoms with Crippen molar-refractivity contribution in [2.24, 2.45) is 0 Å². The van der Waals surface area contributed by atoms with Gasteiger partial charge in [0.15, 0.2) is 0 Å². The number of aromatic amines is 1. The van der Waals surface area contributed by atoms with E-state index in [0.717, 1.165) is 44.0 Å². The molecule has 7 nitrogen and oxygen atoms in total. The molecule has 120 valence electrons. The molecule has 2 aliphatic rings. The molecule has 0 radical (unpaired) electrons. The van der Waals surface area contributed by atoms with Crippen molar-refractivity contribution in [1.29, 1.82) is 0 Å². The van der Waals surface area contributed by atoms with Gasteiger partial charge in [0, 0.05) is 49.6 Å². The van der Waals surface area contributed by atoms with Gasteiger partial charge in [-0.2, -0.15) is 5.10 Å². The molecule has 0 saturated carbocycles. The van der Waals surface area contributed by atoms with Crippen molar-refractivity contribution in [2.75, 3.05) is 26.2 Å². The molecule has 1 amide bonds. The van der Waals surface area contributed by atoms with Crippen molar-refractivity contribution in [3.8, 4) is 0 Å². The van der Waals surface area contributed by atoms with E-state index in [0.29, 0.717) is 18.2 Å². The van der Waals surface area contributed by atoms with E-state index in [-0.39, 0.29) is 11.8 Å². The normalized spacial score (nSPS) is 24.3. The average Bonchev–Trinajstić information content (AvgIpc) is 3.35. The van der Waals surface area contributed by atoms with Crippen molar-refractivity contribution in [1.82, 2.24) is 30.4 Å². The van der Waals surface area contributed by atoms with Crippen LogP contribution in [0.2, 0.25) is 0 Å². The molecule has 23 heavy (non-hydrogen) atoms. The fraction of sp³-hybridized carbons (Fsp3) is 0.500. The zero-order valence-electron chi connectivity index (χ0n) is 12.9. The molecule has 7 heteroatoms. The van der Waals surface area contributed by atoms with Gasteiger partial charge in [-0.25, -0.2) is 9.97 Å². The molecule has 4 rings (SSSR count). The van der Waals surface area contributed by atoms with Gasteiger partial charge in [-0.1, -0.05) is 0 Å². The standard InChI is InChI=1S/C16H20N6O/c23-16(14-8-13(20-21-14)11-2-6-17-9-11)22-7-3-12(10-22)15-18-4-1-5-19-15/h1,4-5,8,11-12,17H,2-3,6-7,9-10H2,(H,20,21). The zero-order valence-corrected chi connectivity index (χ0v) is 12.9. The maximum absolute atomic E-state index is 12.6. The first-order valence-corrected chi connectivity index (χ1v) is 8.13. The Balaban J connectivity index is 1.43. The number of likely N-dealkylation sites (tertiary alicyclic amines) is 1. The Morgan fingerprint density at radius 3 is 2.87 bits per heavy atom. The molecule has 2 unspecified atom stereocenters. The Hall–Kier alpha value is -2.28. The van der Waals surface area contributed by atoms with Gasteiger partial charge < -0.3 is 10.2 Å². The third-order valence-electron chi connectivity index (χ3n) is 4.74. The average molecular weight is 312 g/mol. The molecular formula is C16H20N6O. The first kappa shape index (κ1) is 14.3. The molecule has 2 N–H and O–H groups in total. The molecule has 0 spiro atoms. The molecule has 2 aromatic rings. The predicted molar refractivity (Wildman–Crippen MR) is 84.1 cm³/mol. The molecule has 0 bridgehead atoms. The topological polar surface area (TPSA) is 86.8 Å². The summed E-state index contributed by atoms with van der Waals surface area (Å²) in [5.41, 5.74) is 1.57. The second-order valence-corrected chi connectivity index (χ2v) is 6.24. The van der Waals surface area contributed by atoms with E-state index in [2.05, 4.69) is 25.5 Å². The molecular weight excluding hydrogens is 292 g/mol. The summed E-state index contributed by atoms with van der Waals surface area (Å²) >= 11 is 0. The van der Waals surface area contributed by atoms with Crippen LogP contribution in [0.4, 0.5) is 0 Å². The van der Waals surface area contributed by atoms with Crippen molar-refractivity contribution in [3.05, 3.63) is 41.7 Å². The Kier molecular flexibility index (Phi) is 3.78. The van der Waals surface area contributed by atoms with Crippen LogP contribution >= 0.6 is 0 Å². The van der Waals surface area contributed by atoms with Crippen LogP contribution in [-0.2, 0) is 0 Å². The number of H-pyrrole nitrogens is 1. The molecule has 2 atom stereocenters. The number of hydrogen-bond donors (Lipinski definition) is 2. The lowest BCUT2D eigenvalue weighted by Crippen LogP contribution is -2.28. The van der Waals surface area contributed by atoms with Crippen LogP contribution in [0, 0.1) is 0 Å². The summed E-state index contributed by atoms with van der Waals surface area (Å²) in [7, 11) is 0. The number of nitrogens with one attached hydrogen (secondary N) is 2. The molecule has 0 aromatic carbocycles. The van der Waals surface area contributed by atoms with E-state index in [4.69, 9.17) is 0 Å². The van der Waals surface area contributed by atoms with Crippen LogP contribution in [0.5, 0.6) is 0 Å². The SMILES string of the molecule is O=C(c1cc(C2CCNC2)[nH]n1)N1CCC(c2ncccn2)C1. The molecule has 2 aromatic heterocycles. The Bertz CT molecular complexity index is 679. The third-order valence-corrected chi connectivity index (χ3v) is 4.74. The Morgan fingerprint density at radius 2 is 2.09 bits per heavy atom. The quantitative estimate of drug-likeness (QED) is 0.879. The first-order chi connectivity index (χ1) is 11.3. The van der Waals surface area contributed by atoms with Gasteiger partial charge in [-0.3, -0.25) is 9.89 Å². The summed E-state index contributed by atoms with van der Waals surface area (Å²) < 4.78 is 0. The summed E-state index contributed by atoms with van der Waals surface area (Å²) in [6.45, 7) is 3.37. The molecule has 0 aliphatic carbocycles. The summed E-state index contributed by atoms with van der Waals surface area (Å²) in [6.07, 6.45) is 5.50. The minimum atomic E-state index is -0.00288. The highest BCUT2D eigenvalue weighted by Crippen LogP contribution is 2.26. The van der Waals surface area contributed by atoms with Crippen LogP contribution in [0.1, 0.15) is 46.7 Å². The highest BCUT2D eigenvalue weighted by atomic mass is 16.2. The van der Waals surface area contributed by atoms with Crippen LogP contribution in [0.15, 0.2) is 24.5 Å². The number of nitrogens with zero attached hydrogens (tertiary/aromatic N) is 4. The van der Waals surface area contributed by atoms with E-state index in [1.54, 1.807) is 12.4 Å². The first-order valence-electron chi connectivity index (χ1n) is 8.13. The number of rotatable bonds is 3. The molecule has 4 heterocycles. The number of carbonyl (C=O) groups is 1. The van der Waals surface area contributed by atoms with Gasteiger partial charge in [0.1, 0.15) is 11.5 Å². The molecule has 2 fully saturated rings. The summed E-state index contributed by atoms with van der Waals surface area (Å²) in [5, 5.41) is 10.6. The van der Waals surface area contributed by atoms with Gasteiger partial charge in [-0.15, -0.1) is 0 Å². The lowest BCUT2D eigenvalue weighted by molar-refractivity contribution is 0.0784. The van der Waals surface area contributed by atoms with Gasteiger partial charge >= 0.3 is 0 Å². The fourth-order valence-corrected chi connectivity index (χ4v) is 3.41. The van der Waals surface area contributed by atoms with E-state index in [1.807, 2.05) is 17.0 Å². The zero-order chi connectivity index (χ0) is 15.6. The van der Waals surface area contributed by atoms with Crippen LogP contribution in [0.25, 0.3) is 0 Å². The highest BCUT2D eigenvalue weighted by molar-refractivity contribution is 5.92. The maximum atomic E-state index is 12.6. The summed E-state index contributed by atoms with van der Waals surface area (Å²) in [4.78, 5) is 23.1. The predicted octanol–water partition coefficient (Wildman–Crippen LogP) is 0.906. The van der Waals surface area contributed by atoms with Crippen molar-refractivity contribution in [2.45, 2.75) is 24.7 Å². The number of hydrogen-bond acceptors (Lipinski definition) is 5. The molecule has 2 aliphatic heterocycles. The largest absolute Gasteiger partial charge is 0.336 e. The van der Waals surface area contributed by atoms with E-state index in [9.17, 15) is 4.79 Å². The number of aromatic nitrogens is 4. The van der Waals surface area contributed by atoms with E-state index in [1.165, 1.54) is 0 Å². The van der Waals surface area contributed by atoms with E-state index >= 15 is 0 Å². The lowest BCUT2D eigenvalue weighted by Gasteiger charge is -2.14. The van der Waals surface area contributed by atoms with Gasteiger partial charge in [-0.05, 0) is 31.5 Å². The fourth-order valence-electron chi connectivity index (χ4n) is 3.41. The Labute approximate surface area is 134 Å². The highest BCUT2D eigenvalue weighted by Gasteiger charge is 2.31. The van der Waals surface area contributed by atoms with Gasteiger partial charge in [0.25, 0.3) is 5.91 Å². The Morgan fingerprint density at radius 1 is 1.22 bits per heavy atom. The minimum absolute atomic E-state index is 0.00288. The van der Waals surface area contributed by atoms with Gasteiger partial charge in [0.05, 0.1) is 0 Å². The minimum Gasteiger partial charge on any atom is -0.336 e. The van der Waals surface area contributed by atoms with E-state index < -0.39 is 0 Å². The summed E-state index contributed by atoms with van der Waals surface area (Å²) in [6, 6.07) is 3.72. The van der Waals surface area contributed by atoms with Crippen molar-refractivity contribution in [3.63, 3.8) is 0 Å².